The molecular weight excluding hydrogens is 304 g/mol. The van der Waals surface area contributed by atoms with Gasteiger partial charge >= 0.3 is 0 Å². The van der Waals surface area contributed by atoms with Crippen LogP contribution in [0.5, 0.6) is 5.75 Å². The molecule has 1 heterocycles. The topological polar surface area (TPSA) is 58.6 Å². The summed E-state index contributed by atoms with van der Waals surface area (Å²) in [7, 11) is 1.61. The molecule has 3 rings (SSSR count). The molecule has 1 atom stereocenters. The summed E-state index contributed by atoms with van der Waals surface area (Å²) in [6, 6.07) is 14.5. The van der Waals surface area contributed by atoms with Crippen molar-refractivity contribution in [2.45, 2.75) is 26.1 Å². The van der Waals surface area contributed by atoms with Crippen molar-refractivity contribution in [2.75, 3.05) is 7.11 Å². The summed E-state index contributed by atoms with van der Waals surface area (Å²) in [6.45, 7) is 2.65. The zero-order valence-electron chi connectivity index (χ0n) is 13.8. The fourth-order valence-corrected chi connectivity index (χ4v) is 2.81. The standard InChI is InChI=1S/C19H20N2O3/c1-13(21-12-15-5-3-4-6-17(15)19(21)23)18(22)20-11-14-7-9-16(24-2)10-8-14/h3-10,13H,11-12H2,1-2H3,(H,20,22). The largest absolute Gasteiger partial charge is 0.497 e. The average molecular weight is 324 g/mol. The molecule has 1 unspecified atom stereocenters. The Kier molecular flexibility index (Phi) is 4.51. The number of ether oxygens (including phenoxy) is 1. The smallest absolute Gasteiger partial charge is 0.255 e. The molecule has 0 spiro atoms. The second-order valence-electron chi connectivity index (χ2n) is 5.83. The zero-order valence-corrected chi connectivity index (χ0v) is 13.8. The van der Waals surface area contributed by atoms with Crippen molar-refractivity contribution in [3.8, 4) is 5.75 Å². The van der Waals surface area contributed by atoms with Crippen LogP contribution in [0.1, 0.15) is 28.4 Å². The minimum atomic E-state index is -0.511. The lowest BCUT2D eigenvalue weighted by molar-refractivity contribution is -0.125. The van der Waals surface area contributed by atoms with Gasteiger partial charge in [0.1, 0.15) is 11.8 Å². The summed E-state index contributed by atoms with van der Waals surface area (Å²) in [6.07, 6.45) is 0. The van der Waals surface area contributed by atoms with Gasteiger partial charge in [0, 0.05) is 18.7 Å². The Balaban J connectivity index is 1.60. The van der Waals surface area contributed by atoms with Gasteiger partial charge in [-0.1, -0.05) is 30.3 Å². The van der Waals surface area contributed by atoms with Crippen LogP contribution >= 0.6 is 0 Å². The number of methoxy groups -OCH3 is 1. The van der Waals surface area contributed by atoms with Crippen LogP contribution in [0, 0.1) is 0 Å². The van der Waals surface area contributed by atoms with E-state index in [0.29, 0.717) is 18.7 Å². The van der Waals surface area contributed by atoms with Crippen LogP contribution in [0.25, 0.3) is 0 Å². The number of nitrogens with zero attached hydrogens (tertiary/aromatic N) is 1. The van der Waals surface area contributed by atoms with Gasteiger partial charge in [0.25, 0.3) is 5.91 Å². The molecule has 0 aliphatic carbocycles. The second-order valence-corrected chi connectivity index (χ2v) is 5.83. The van der Waals surface area contributed by atoms with Crippen LogP contribution < -0.4 is 10.1 Å². The lowest BCUT2D eigenvalue weighted by atomic mass is 10.1. The van der Waals surface area contributed by atoms with E-state index < -0.39 is 6.04 Å². The first-order valence-electron chi connectivity index (χ1n) is 7.89. The number of nitrogens with one attached hydrogen (secondary N) is 1. The number of rotatable bonds is 5. The van der Waals surface area contributed by atoms with E-state index in [-0.39, 0.29) is 11.8 Å². The van der Waals surface area contributed by atoms with Gasteiger partial charge in [-0.25, -0.2) is 0 Å². The molecule has 0 bridgehead atoms. The molecule has 0 fully saturated rings. The van der Waals surface area contributed by atoms with E-state index in [9.17, 15) is 9.59 Å². The molecule has 2 aromatic rings. The third-order valence-electron chi connectivity index (χ3n) is 4.32. The number of carbonyl (C=O) groups is 2. The third-order valence-corrected chi connectivity index (χ3v) is 4.32. The van der Waals surface area contributed by atoms with Crippen molar-refractivity contribution < 1.29 is 14.3 Å². The van der Waals surface area contributed by atoms with E-state index in [4.69, 9.17) is 4.74 Å². The highest BCUT2D eigenvalue weighted by Crippen LogP contribution is 2.24. The Labute approximate surface area is 141 Å². The molecule has 0 saturated heterocycles. The predicted octanol–water partition coefficient (Wildman–Crippen LogP) is 2.36. The number of amides is 2. The monoisotopic (exact) mass is 324 g/mol. The van der Waals surface area contributed by atoms with E-state index in [1.165, 1.54) is 0 Å². The van der Waals surface area contributed by atoms with Crippen molar-refractivity contribution in [1.82, 2.24) is 10.2 Å². The van der Waals surface area contributed by atoms with Crippen LogP contribution in [0.2, 0.25) is 0 Å². The van der Waals surface area contributed by atoms with Crippen LogP contribution in [0.15, 0.2) is 48.5 Å². The van der Waals surface area contributed by atoms with Gasteiger partial charge in [0.15, 0.2) is 0 Å². The van der Waals surface area contributed by atoms with Gasteiger partial charge in [-0.2, -0.15) is 0 Å². The molecule has 24 heavy (non-hydrogen) atoms. The number of carbonyl (C=O) groups excluding carboxylic acids is 2. The van der Waals surface area contributed by atoms with Gasteiger partial charge in [0.2, 0.25) is 5.91 Å². The maximum atomic E-state index is 12.4. The third kappa shape index (κ3) is 3.11. The predicted molar refractivity (Wildman–Crippen MR) is 90.6 cm³/mol. The first-order chi connectivity index (χ1) is 11.6. The molecule has 124 valence electrons. The normalized spacial score (nSPS) is 14.2. The van der Waals surface area contributed by atoms with Crippen LogP contribution in [0.4, 0.5) is 0 Å². The van der Waals surface area contributed by atoms with Gasteiger partial charge < -0.3 is 15.0 Å². The molecule has 0 saturated carbocycles. The number of fused-ring (bicyclic) bond motifs is 1. The lowest BCUT2D eigenvalue weighted by Gasteiger charge is -2.23. The van der Waals surface area contributed by atoms with Crippen LogP contribution in [-0.2, 0) is 17.9 Å². The highest BCUT2D eigenvalue weighted by atomic mass is 16.5. The van der Waals surface area contributed by atoms with E-state index in [1.807, 2.05) is 42.5 Å². The summed E-state index contributed by atoms with van der Waals surface area (Å²) >= 11 is 0. The Hall–Kier alpha value is -2.82. The van der Waals surface area contributed by atoms with Crippen molar-refractivity contribution >= 4 is 11.8 Å². The highest BCUT2D eigenvalue weighted by molar-refractivity contribution is 6.00. The molecule has 0 radical (unpaired) electrons. The van der Waals surface area contributed by atoms with Crippen LogP contribution in [0.3, 0.4) is 0 Å². The van der Waals surface area contributed by atoms with Gasteiger partial charge in [0.05, 0.1) is 7.11 Å². The minimum absolute atomic E-state index is 0.0855. The summed E-state index contributed by atoms with van der Waals surface area (Å²) in [5, 5.41) is 2.89. The summed E-state index contributed by atoms with van der Waals surface area (Å²) in [5.41, 5.74) is 2.64. The summed E-state index contributed by atoms with van der Waals surface area (Å²) in [4.78, 5) is 26.4. The first kappa shape index (κ1) is 16.1. The molecular formula is C19H20N2O3. The Morgan fingerprint density at radius 2 is 1.92 bits per heavy atom. The SMILES string of the molecule is COc1ccc(CNC(=O)C(C)N2Cc3ccccc3C2=O)cc1. The fourth-order valence-electron chi connectivity index (χ4n) is 2.81. The average Bonchev–Trinajstić information content (AvgIpc) is 2.96. The van der Waals surface area contributed by atoms with E-state index in [0.717, 1.165) is 16.9 Å². The zero-order chi connectivity index (χ0) is 17.1. The van der Waals surface area contributed by atoms with Crippen molar-refractivity contribution in [3.05, 3.63) is 65.2 Å². The van der Waals surface area contributed by atoms with Crippen LogP contribution in [-0.4, -0.2) is 29.9 Å². The maximum absolute atomic E-state index is 12.4. The van der Waals surface area contributed by atoms with Crippen molar-refractivity contribution in [1.29, 1.82) is 0 Å². The molecule has 0 aromatic heterocycles. The van der Waals surface area contributed by atoms with Gasteiger partial charge in [-0.05, 0) is 36.2 Å². The summed E-state index contributed by atoms with van der Waals surface area (Å²) < 4.78 is 5.11. The first-order valence-corrected chi connectivity index (χ1v) is 7.89. The number of benzene rings is 2. The molecule has 2 amide bonds. The summed E-state index contributed by atoms with van der Waals surface area (Å²) in [5.74, 6) is 0.531. The number of hydrogen-bond donors (Lipinski definition) is 1. The van der Waals surface area contributed by atoms with E-state index >= 15 is 0 Å². The fraction of sp³-hybridized carbons (Fsp3) is 0.263. The second kappa shape index (κ2) is 6.74. The molecule has 1 aliphatic heterocycles. The lowest BCUT2D eigenvalue weighted by Crippen LogP contribution is -2.45. The Morgan fingerprint density at radius 1 is 1.21 bits per heavy atom. The van der Waals surface area contributed by atoms with Gasteiger partial charge in [-0.15, -0.1) is 0 Å². The molecule has 1 aliphatic rings. The molecule has 5 heteroatoms. The maximum Gasteiger partial charge on any atom is 0.255 e. The van der Waals surface area contributed by atoms with E-state index in [2.05, 4.69) is 5.32 Å². The quantitative estimate of drug-likeness (QED) is 0.918. The molecule has 2 aromatic carbocycles. The molecule has 1 N–H and O–H groups in total. The van der Waals surface area contributed by atoms with Crippen molar-refractivity contribution in [2.24, 2.45) is 0 Å². The van der Waals surface area contributed by atoms with Gasteiger partial charge in [-0.3, -0.25) is 9.59 Å². The molecule has 5 nitrogen and oxygen atoms in total. The van der Waals surface area contributed by atoms with E-state index in [1.54, 1.807) is 25.0 Å². The minimum Gasteiger partial charge on any atom is -0.497 e. The highest BCUT2D eigenvalue weighted by Gasteiger charge is 2.33. The number of hydrogen-bond acceptors (Lipinski definition) is 3. The van der Waals surface area contributed by atoms with Crippen molar-refractivity contribution in [3.63, 3.8) is 0 Å². The Bertz CT molecular complexity index is 755. The Morgan fingerprint density at radius 3 is 2.58 bits per heavy atom.